The third-order valence-electron chi connectivity index (χ3n) is 2.37. The molecule has 1 aliphatic rings. The second-order valence-electron chi connectivity index (χ2n) is 3.44. The molecule has 1 N–H and O–H groups in total. The van der Waals surface area contributed by atoms with E-state index in [9.17, 15) is 0 Å². The van der Waals surface area contributed by atoms with Crippen molar-refractivity contribution in [2.75, 3.05) is 26.2 Å². The van der Waals surface area contributed by atoms with Crippen LogP contribution >= 0.6 is 0 Å². The molecule has 0 saturated carbocycles. The van der Waals surface area contributed by atoms with Crippen molar-refractivity contribution < 1.29 is 0 Å². The van der Waals surface area contributed by atoms with Crippen molar-refractivity contribution in [2.24, 2.45) is 0 Å². The first-order valence-electron chi connectivity index (χ1n) is 6.46. The molecule has 0 aliphatic carbocycles. The Morgan fingerprint density at radius 3 is 2.29 bits per heavy atom. The Labute approximate surface area is 106 Å². The van der Waals surface area contributed by atoms with E-state index < -0.39 is 0 Å². The molecule has 1 aliphatic heterocycles. The summed E-state index contributed by atoms with van der Waals surface area (Å²) in [6, 6.07) is 0. The summed E-state index contributed by atoms with van der Waals surface area (Å²) in [5.41, 5.74) is 1.21. The Balaban J connectivity index is 0.00000121. The predicted molar refractivity (Wildman–Crippen MR) is 78.0 cm³/mol. The summed E-state index contributed by atoms with van der Waals surface area (Å²) in [5.74, 6) is 0. The molecule has 17 heavy (non-hydrogen) atoms. The molecule has 0 radical (unpaired) electrons. The van der Waals surface area contributed by atoms with Gasteiger partial charge in [-0.25, -0.2) is 0 Å². The highest BCUT2D eigenvalue weighted by molar-refractivity contribution is 5.23. The lowest BCUT2D eigenvalue weighted by molar-refractivity contribution is 0.307. The standard InChI is InChI=1S/C13H20N2.C2H6/c1-3-5-6-7-8-13(4-2)15-11-9-14-10-12-15;1-2/h3-8,14H,2,9-12H2,1H3;1-2H3/b5-3-,7-6-,13-8+;. The summed E-state index contributed by atoms with van der Waals surface area (Å²) >= 11 is 0. The van der Waals surface area contributed by atoms with Crippen LogP contribution < -0.4 is 5.32 Å². The van der Waals surface area contributed by atoms with E-state index in [0.29, 0.717) is 0 Å². The molecule has 1 fully saturated rings. The summed E-state index contributed by atoms with van der Waals surface area (Å²) in [4.78, 5) is 2.35. The first-order valence-corrected chi connectivity index (χ1v) is 6.46. The topological polar surface area (TPSA) is 15.3 Å². The van der Waals surface area contributed by atoms with E-state index in [1.807, 2.05) is 45.1 Å². The molecule has 1 saturated heterocycles. The van der Waals surface area contributed by atoms with Crippen LogP contribution in [-0.4, -0.2) is 31.1 Å². The first kappa shape index (κ1) is 15.7. The second-order valence-corrected chi connectivity index (χ2v) is 3.44. The Hall–Kier alpha value is -1.28. The fraction of sp³-hybridized carbons (Fsp3) is 0.467. The van der Waals surface area contributed by atoms with Gasteiger partial charge < -0.3 is 10.2 Å². The minimum absolute atomic E-state index is 1.06. The number of hydrogen-bond acceptors (Lipinski definition) is 2. The van der Waals surface area contributed by atoms with Crippen molar-refractivity contribution in [1.82, 2.24) is 10.2 Å². The number of hydrogen-bond donors (Lipinski definition) is 1. The molecular formula is C15H26N2. The van der Waals surface area contributed by atoms with Gasteiger partial charge >= 0.3 is 0 Å². The normalized spacial score (nSPS) is 17.1. The molecule has 0 amide bonds. The maximum absolute atomic E-state index is 3.85. The highest BCUT2D eigenvalue weighted by Crippen LogP contribution is 2.06. The van der Waals surface area contributed by atoms with Crippen LogP contribution in [0.25, 0.3) is 0 Å². The summed E-state index contributed by atoms with van der Waals surface area (Å²) in [7, 11) is 0. The molecule has 96 valence electrons. The van der Waals surface area contributed by atoms with Crippen molar-refractivity contribution in [2.45, 2.75) is 20.8 Å². The van der Waals surface area contributed by atoms with E-state index in [-0.39, 0.29) is 0 Å². The molecule has 1 rings (SSSR count). The molecule has 0 unspecified atom stereocenters. The summed E-state index contributed by atoms with van der Waals surface area (Å²) in [5, 5.41) is 3.34. The average molecular weight is 234 g/mol. The molecule has 0 aromatic rings. The van der Waals surface area contributed by atoms with Gasteiger partial charge in [-0.05, 0) is 19.1 Å². The Kier molecular flexibility index (Phi) is 10.4. The zero-order valence-electron chi connectivity index (χ0n) is 11.4. The van der Waals surface area contributed by atoms with Crippen LogP contribution in [0, 0.1) is 0 Å². The molecule has 0 bridgehead atoms. The number of allylic oxidation sites excluding steroid dienone is 6. The third kappa shape index (κ3) is 6.80. The van der Waals surface area contributed by atoms with Gasteiger partial charge in [0, 0.05) is 31.9 Å². The number of nitrogens with one attached hydrogen (secondary N) is 1. The molecule has 2 heteroatoms. The van der Waals surface area contributed by atoms with Crippen LogP contribution in [0.15, 0.2) is 48.7 Å². The van der Waals surface area contributed by atoms with E-state index in [1.165, 1.54) is 5.70 Å². The van der Waals surface area contributed by atoms with E-state index in [1.54, 1.807) is 0 Å². The van der Waals surface area contributed by atoms with Crippen LogP contribution in [0.4, 0.5) is 0 Å². The van der Waals surface area contributed by atoms with Crippen molar-refractivity contribution in [3.63, 3.8) is 0 Å². The largest absolute Gasteiger partial charge is 0.369 e. The van der Waals surface area contributed by atoms with Crippen LogP contribution in [0.5, 0.6) is 0 Å². The maximum Gasteiger partial charge on any atom is 0.0361 e. The van der Waals surface area contributed by atoms with Crippen LogP contribution in [-0.2, 0) is 0 Å². The number of nitrogens with zero attached hydrogens (tertiary/aromatic N) is 1. The summed E-state index contributed by atoms with van der Waals surface area (Å²) < 4.78 is 0. The van der Waals surface area contributed by atoms with Gasteiger partial charge in [0.1, 0.15) is 0 Å². The summed E-state index contributed by atoms with van der Waals surface area (Å²) in [6.45, 7) is 14.1. The third-order valence-corrected chi connectivity index (χ3v) is 2.37. The summed E-state index contributed by atoms with van der Waals surface area (Å²) in [6.07, 6.45) is 12.2. The second kappa shape index (κ2) is 11.2. The number of piperazine rings is 1. The maximum atomic E-state index is 3.85. The minimum Gasteiger partial charge on any atom is -0.369 e. The van der Waals surface area contributed by atoms with Gasteiger partial charge in [0.05, 0.1) is 0 Å². The van der Waals surface area contributed by atoms with Gasteiger partial charge in [-0.15, -0.1) is 0 Å². The molecule has 0 atom stereocenters. The monoisotopic (exact) mass is 234 g/mol. The average Bonchev–Trinajstić information content (AvgIpc) is 2.42. The lowest BCUT2D eigenvalue weighted by Crippen LogP contribution is -2.42. The molecular weight excluding hydrogens is 208 g/mol. The van der Waals surface area contributed by atoms with Gasteiger partial charge in [0.2, 0.25) is 0 Å². The fourth-order valence-corrected chi connectivity index (χ4v) is 1.55. The van der Waals surface area contributed by atoms with Gasteiger partial charge in [0.25, 0.3) is 0 Å². The van der Waals surface area contributed by atoms with Crippen molar-refractivity contribution >= 4 is 0 Å². The molecule has 0 aromatic carbocycles. The van der Waals surface area contributed by atoms with Gasteiger partial charge in [0.15, 0.2) is 0 Å². The molecule has 0 aromatic heterocycles. The zero-order chi connectivity index (χ0) is 12.9. The van der Waals surface area contributed by atoms with Crippen LogP contribution in [0.3, 0.4) is 0 Å². The lowest BCUT2D eigenvalue weighted by Gasteiger charge is -2.30. The van der Waals surface area contributed by atoms with Gasteiger partial charge in [-0.1, -0.05) is 44.7 Å². The van der Waals surface area contributed by atoms with Crippen molar-refractivity contribution in [1.29, 1.82) is 0 Å². The van der Waals surface area contributed by atoms with Crippen LogP contribution in [0.1, 0.15) is 20.8 Å². The van der Waals surface area contributed by atoms with E-state index in [0.717, 1.165) is 26.2 Å². The first-order chi connectivity index (χ1) is 8.38. The Bertz CT molecular complexity index is 269. The molecule has 0 spiro atoms. The van der Waals surface area contributed by atoms with E-state index in [4.69, 9.17) is 0 Å². The minimum atomic E-state index is 1.06. The zero-order valence-corrected chi connectivity index (χ0v) is 11.4. The smallest absolute Gasteiger partial charge is 0.0361 e. The highest BCUT2D eigenvalue weighted by atomic mass is 15.2. The SMILES string of the molecule is C=C\C(=C/C=C\C=C/C)N1CCNCC1.CC. The Morgan fingerprint density at radius 2 is 1.76 bits per heavy atom. The quantitative estimate of drug-likeness (QED) is 0.752. The van der Waals surface area contributed by atoms with E-state index >= 15 is 0 Å². The van der Waals surface area contributed by atoms with Crippen molar-refractivity contribution in [3.8, 4) is 0 Å². The number of rotatable bonds is 4. The van der Waals surface area contributed by atoms with Gasteiger partial charge in [-0.3, -0.25) is 0 Å². The van der Waals surface area contributed by atoms with Crippen LogP contribution in [0.2, 0.25) is 0 Å². The molecule has 1 heterocycles. The lowest BCUT2D eigenvalue weighted by atomic mass is 10.2. The predicted octanol–water partition coefficient (Wildman–Crippen LogP) is 3.12. The highest BCUT2D eigenvalue weighted by Gasteiger charge is 2.09. The molecule has 2 nitrogen and oxygen atoms in total. The fourth-order valence-electron chi connectivity index (χ4n) is 1.55. The van der Waals surface area contributed by atoms with Gasteiger partial charge in [-0.2, -0.15) is 0 Å². The van der Waals surface area contributed by atoms with E-state index in [2.05, 4.69) is 28.9 Å². The van der Waals surface area contributed by atoms with Crippen molar-refractivity contribution in [3.05, 3.63) is 48.7 Å². The Morgan fingerprint density at radius 1 is 1.12 bits per heavy atom.